The lowest BCUT2D eigenvalue weighted by atomic mass is 10.0. The SMILES string of the molecule is C[C@H]1[C@H](NC(=O)C(=NOC(COc2ccc(C(N)=NC3CCNC3)cc2)C(=O)O)c2nsc(N)n2)C(=O)N1S(=O)(=O)O. The molecule has 4 atom stereocenters. The number of carbonyl (C=O) groups is 3. The Morgan fingerprint density at radius 2 is 2.05 bits per heavy atom. The topological polar surface area (TPSA) is 274 Å². The minimum absolute atomic E-state index is 0.0525. The van der Waals surface area contributed by atoms with E-state index in [2.05, 4.69) is 30.1 Å². The summed E-state index contributed by atoms with van der Waals surface area (Å²) in [5, 5.41) is 18.6. The number of carboxylic acids is 1. The molecule has 4 rings (SSSR count). The zero-order valence-corrected chi connectivity index (χ0v) is 23.5. The van der Waals surface area contributed by atoms with Crippen molar-refractivity contribution in [2.75, 3.05) is 25.4 Å². The van der Waals surface area contributed by atoms with Gasteiger partial charge < -0.3 is 36.8 Å². The van der Waals surface area contributed by atoms with Crippen LogP contribution in [0.5, 0.6) is 5.75 Å². The first-order chi connectivity index (χ1) is 19.8. The van der Waals surface area contributed by atoms with E-state index in [9.17, 15) is 27.9 Å². The first-order valence-corrected chi connectivity index (χ1v) is 14.5. The molecule has 2 aliphatic heterocycles. The fourth-order valence-electron chi connectivity index (χ4n) is 4.01. The van der Waals surface area contributed by atoms with Gasteiger partial charge in [-0.2, -0.15) is 17.8 Å². The fourth-order valence-corrected chi connectivity index (χ4v) is 5.32. The Labute approximate surface area is 242 Å². The number of amidine groups is 1. The normalized spacial score (nSPS) is 21.9. The molecule has 2 aromatic rings. The van der Waals surface area contributed by atoms with Gasteiger partial charge in [-0.1, -0.05) is 5.16 Å². The first kappa shape index (κ1) is 30.6. The van der Waals surface area contributed by atoms with E-state index < -0.39 is 58.6 Å². The minimum Gasteiger partial charge on any atom is -0.489 e. The number of aliphatic carboxylic acids is 1. The Hall–Kier alpha value is -4.40. The third-order valence-electron chi connectivity index (χ3n) is 6.19. The highest BCUT2D eigenvalue weighted by molar-refractivity contribution is 7.84. The van der Waals surface area contributed by atoms with Gasteiger partial charge in [-0.3, -0.25) is 19.1 Å². The molecule has 0 saturated carbocycles. The van der Waals surface area contributed by atoms with Crippen molar-refractivity contribution in [2.24, 2.45) is 15.9 Å². The average Bonchev–Trinajstić information content (AvgIpc) is 3.60. The Morgan fingerprint density at radius 1 is 1.33 bits per heavy atom. The van der Waals surface area contributed by atoms with Crippen LogP contribution < -0.4 is 26.8 Å². The highest BCUT2D eigenvalue weighted by Crippen LogP contribution is 2.23. The van der Waals surface area contributed by atoms with Gasteiger partial charge in [0, 0.05) is 23.6 Å². The third-order valence-corrected chi connectivity index (χ3v) is 7.75. The zero-order valence-electron chi connectivity index (χ0n) is 21.9. The Balaban J connectivity index is 1.43. The van der Waals surface area contributed by atoms with Gasteiger partial charge >= 0.3 is 16.3 Å². The molecule has 1 aromatic carbocycles. The summed E-state index contributed by atoms with van der Waals surface area (Å²) in [6.45, 7) is 2.37. The molecular formula is C22H27N9O9S2. The molecule has 20 heteroatoms. The number of carboxylic acid groups (broad SMARTS) is 1. The molecule has 3 heterocycles. The average molecular weight is 626 g/mol. The van der Waals surface area contributed by atoms with E-state index in [1.807, 2.05) is 0 Å². The summed E-state index contributed by atoms with van der Waals surface area (Å²) >= 11 is 0.705. The number of aromatic nitrogens is 2. The maximum absolute atomic E-state index is 12.9. The zero-order chi connectivity index (χ0) is 30.6. The lowest BCUT2D eigenvalue weighted by Gasteiger charge is -2.42. The lowest BCUT2D eigenvalue weighted by molar-refractivity contribution is -0.152. The van der Waals surface area contributed by atoms with Crippen molar-refractivity contribution in [2.45, 2.75) is 37.6 Å². The summed E-state index contributed by atoms with van der Waals surface area (Å²) in [5.41, 5.74) is 11.7. The highest BCUT2D eigenvalue weighted by Gasteiger charge is 2.51. The summed E-state index contributed by atoms with van der Waals surface area (Å²) in [7, 11) is -4.83. The third kappa shape index (κ3) is 7.08. The maximum Gasteiger partial charge on any atom is 0.362 e. The fraction of sp³-hybridized carbons (Fsp3) is 0.409. The molecule has 42 heavy (non-hydrogen) atoms. The van der Waals surface area contributed by atoms with E-state index in [1.54, 1.807) is 24.3 Å². The van der Waals surface area contributed by atoms with E-state index in [1.165, 1.54) is 6.92 Å². The predicted molar refractivity (Wildman–Crippen MR) is 147 cm³/mol. The molecule has 0 radical (unpaired) electrons. The van der Waals surface area contributed by atoms with Crippen LogP contribution in [0.25, 0.3) is 0 Å². The van der Waals surface area contributed by atoms with Crippen LogP contribution in [0.1, 0.15) is 24.7 Å². The van der Waals surface area contributed by atoms with Gasteiger partial charge in [0.25, 0.3) is 17.9 Å². The van der Waals surface area contributed by atoms with Crippen LogP contribution in [-0.4, -0.2) is 105 Å². The number of nitrogens with zero attached hydrogens (tertiary/aromatic N) is 5. The standard InChI is InChI=1S/C22H27N9O9S2/c1-10-15(20(33)31(10)42(36,37)38)27-19(32)16(18-28-22(24)41-30-18)29-40-14(21(34)35)9-39-13-4-2-11(3-5-13)17(23)26-12-6-7-25-8-12/h2-5,10,12,14-15,25H,6-9H2,1H3,(H2,23,26)(H,27,32)(H,34,35)(H2,24,28,30)(H,36,37,38)/t10-,12?,14?,15-/m0/s1. The number of amides is 2. The quantitative estimate of drug-likeness (QED) is 0.0487. The summed E-state index contributed by atoms with van der Waals surface area (Å²) in [6, 6.07) is 4.09. The van der Waals surface area contributed by atoms with Crippen molar-refractivity contribution in [3.63, 3.8) is 0 Å². The van der Waals surface area contributed by atoms with Gasteiger partial charge in [-0.05, 0) is 44.2 Å². The summed E-state index contributed by atoms with van der Waals surface area (Å²) in [4.78, 5) is 50.3. The molecule has 1 aromatic heterocycles. The molecule has 2 unspecified atom stereocenters. The molecular weight excluding hydrogens is 598 g/mol. The number of hydrogen-bond donors (Lipinski definition) is 6. The van der Waals surface area contributed by atoms with Gasteiger partial charge in [-0.15, -0.1) is 0 Å². The molecule has 18 nitrogen and oxygen atoms in total. The van der Waals surface area contributed by atoms with E-state index in [-0.39, 0.29) is 21.3 Å². The molecule has 0 bridgehead atoms. The van der Waals surface area contributed by atoms with E-state index in [4.69, 9.17) is 25.6 Å². The van der Waals surface area contributed by atoms with Crippen LogP contribution in [0, 0.1) is 0 Å². The highest BCUT2D eigenvalue weighted by atomic mass is 32.2. The van der Waals surface area contributed by atoms with E-state index in [0.29, 0.717) is 28.7 Å². The van der Waals surface area contributed by atoms with Crippen LogP contribution in [0.3, 0.4) is 0 Å². The van der Waals surface area contributed by atoms with E-state index in [0.717, 1.165) is 19.5 Å². The number of nitrogens with two attached hydrogens (primary N) is 2. The lowest BCUT2D eigenvalue weighted by Crippen LogP contribution is -2.71. The molecule has 226 valence electrons. The van der Waals surface area contributed by atoms with Crippen LogP contribution in [0.15, 0.2) is 34.4 Å². The number of carbonyl (C=O) groups excluding carboxylic acids is 2. The van der Waals surface area contributed by atoms with Crippen molar-refractivity contribution in [3.05, 3.63) is 35.7 Å². The predicted octanol–water partition coefficient (Wildman–Crippen LogP) is -2.04. The first-order valence-electron chi connectivity index (χ1n) is 12.3. The molecule has 0 aliphatic carbocycles. The van der Waals surface area contributed by atoms with Crippen LogP contribution in [-0.2, 0) is 29.5 Å². The van der Waals surface area contributed by atoms with Crippen LogP contribution in [0.4, 0.5) is 5.13 Å². The molecule has 2 saturated heterocycles. The number of nitrogens with one attached hydrogen (secondary N) is 2. The van der Waals surface area contributed by atoms with Crippen molar-refractivity contribution >= 4 is 56.3 Å². The summed E-state index contributed by atoms with van der Waals surface area (Å²) in [5.74, 6) is -3.36. The smallest absolute Gasteiger partial charge is 0.362 e. The number of anilines is 1. The summed E-state index contributed by atoms with van der Waals surface area (Å²) in [6.07, 6.45) is -0.815. The number of nitrogen functional groups attached to an aromatic ring is 1. The number of aliphatic imine (C=N–C) groups is 1. The number of benzene rings is 1. The second kappa shape index (κ2) is 12.6. The largest absolute Gasteiger partial charge is 0.489 e. The van der Waals surface area contributed by atoms with Crippen LogP contribution >= 0.6 is 11.5 Å². The molecule has 2 fully saturated rings. The molecule has 0 spiro atoms. The van der Waals surface area contributed by atoms with E-state index >= 15 is 0 Å². The van der Waals surface area contributed by atoms with Gasteiger partial charge in [0.15, 0.2) is 5.13 Å². The summed E-state index contributed by atoms with van der Waals surface area (Å²) < 4.78 is 41.4. The van der Waals surface area contributed by atoms with Crippen molar-refractivity contribution in [3.8, 4) is 5.75 Å². The van der Waals surface area contributed by atoms with Gasteiger partial charge in [0.1, 0.15) is 24.2 Å². The van der Waals surface area contributed by atoms with Crippen molar-refractivity contribution < 1.29 is 42.0 Å². The van der Waals surface area contributed by atoms with Crippen LogP contribution in [0.2, 0.25) is 0 Å². The molecule has 2 amide bonds. The number of rotatable bonds is 12. The monoisotopic (exact) mass is 625 g/mol. The van der Waals surface area contributed by atoms with Crippen molar-refractivity contribution in [1.82, 2.24) is 24.3 Å². The second-order valence-corrected chi connectivity index (χ2v) is 11.2. The number of β-lactam (4-membered cyclic amide) rings is 1. The van der Waals surface area contributed by atoms with Gasteiger partial charge in [-0.25, -0.2) is 9.10 Å². The Bertz CT molecular complexity index is 1510. The second-order valence-electron chi connectivity index (χ2n) is 9.13. The maximum atomic E-state index is 12.9. The number of ether oxygens (including phenoxy) is 1. The van der Waals surface area contributed by atoms with Crippen molar-refractivity contribution in [1.29, 1.82) is 0 Å². The Kier molecular flexibility index (Phi) is 9.19. The van der Waals surface area contributed by atoms with Gasteiger partial charge in [0.2, 0.25) is 11.5 Å². The number of oxime groups is 1. The Morgan fingerprint density at radius 3 is 2.60 bits per heavy atom. The minimum atomic E-state index is -4.83. The number of hydrogen-bond acceptors (Lipinski definition) is 14. The molecule has 2 aliphatic rings. The molecule has 8 N–H and O–H groups in total. The van der Waals surface area contributed by atoms with Gasteiger partial charge in [0.05, 0.1) is 12.1 Å².